The van der Waals surface area contributed by atoms with Gasteiger partial charge >= 0.3 is 5.97 Å². The maximum absolute atomic E-state index is 11.3. The van der Waals surface area contributed by atoms with E-state index in [1.165, 1.54) is 0 Å². The molecule has 0 saturated heterocycles. The maximum Gasteiger partial charge on any atom is 0.329 e. The fourth-order valence-corrected chi connectivity index (χ4v) is 1.66. The van der Waals surface area contributed by atoms with E-state index in [0.29, 0.717) is 19.3 Å². The van der Waals surface area contributed by atoms with Gasteiger partial charge in [-0.2, -0.15) is 11.8 Å². The zero-order chi connectivity index (χ0) is 10.6. The Morgan fingerprint density at radius 2 is 2.14 bits per heavy atom. The molecule has 1 amide bonds. The van der Waals surface area contributed by atoms with E-state index in [1.807, 2.05) is 6.26 Å². The van der Waals surface area contributed by atoms with Crippen molar-refractivity contribution in [2.24, 2.45) is 0 Å². The number of hydrogen-bond donors (Lipinski definition) is 2. The zero-order valence-corrected chi connectivity index (χ0v) is 9.02. The summed E-state index contributed by atoms with van der Waals surface area (Å²) in [5.74, 6) is -0.109. The maximum atomic E-state index is 11.3. The molecule has 0 aromatic rings. The lowest BCUT2D eigenvalue weighted by Crippen LogP contribution is -2.42. The number of thioether (sulfide) groups is 1. The van der Waals surface area contributed by atoms with Gasteiger partial charge in [-0.25, -0.2) is 4.79 Å². The first-order chi connectivity index (χ1) is 6.60. The minimum atomic E-state index is -0.920. The smallest absolute Gasteiger partial charge is 0.329 e. The molecule has 0 spiro atoms. The molecule has 4 nitrogen and oxygen atoms in total. The number of amides is 1. The monoisotopic (exact) mass is 217 g/mol. The molecular formula is C9H15NO3S. The Labute approximate surface area is 87.4 Å². The van der Waals surface area contributed by atoms with Crippen molar-refractivity contribution >= 4 is 23.6 Å². The molecule has 1 saturated carbocycles. The molecule has 0 bridgehead atoms. The van der Waals surface area contributed by atoms with Crippen LogP contribution in [0.25, 0.3) is 0 Å². The molecule has 0 atom stereocenters. The summed E-state index contributed by atoms with van der Waals surface area (Å²) in [4.78, 5) is 22.0. The summed E-state index contributed by atoms with van der Waals surface area (Å²) < 4.78 is 0. The van der Waals surface area contributed by atoms with Crippen molar-refractivity contribution in [2.75, 3.05) is 12.0 Å². The predicted molar refractivity (Wildman–Crippen MR) is 55.4 cm³/mol. The largest absolute Gasteiger partial charge is 0.480 e. The van der Waals surface area contributed by atoms with Gasteiger partial charge in [0.1, 0.15) is 5.54 Å². The number of rotatable bonds is 6. The Hall–Kier alpha value is -0.710. The van der Waals surface area contributed by atoms with Gasteiger partial charge in [-0.15, -0.1) is 0 Å². The average molecular weight is 217 g/mol. The highest BCUT2D eigenvalue weighted by molar-refractivity contribution is 7.98. The molecule has 1 aliphatic rings. The fourth-order valence-electron chi connectivity index (χ4n) is 1.22. The molecule has 0 unspecified atom stereocenters. The first-order valence-electron chi connectivity index (χ1n) is 4.64. The van der Waals surface area contributed by atoms with Crippen molar-refractivity contribution in [3.63, 3.8) is 0 Å². The molecule has 1 aliphatic carbocycles. The second-order valence-corrected chi connectivity index (χ2v) is 4.52. The summed E-state index contributed by atoms with van der Waals surface area (Å²) in [6, 6.07) is 0. The summed E-state index contributed by atoms with van der Waals surface area (Å²) in [6.45, 7) is 0. The van der Waals surface area contributed by atoms with Gasteiger partial charge in [-0.05, 0) is 31.3 Å². The lowest BCUT2D eigenvalue weighted by Gasteiger charge is -2.11. The van der Waals surface area contributed by atoms with Crippen molar-refractivity contribution in [1.29, 1.82) is 0 Å². The minimum absolute atomic E-state index is 0.140. The molecule has 0 radical (unpaired) electrons. The van der Waals surface area contributed by atoms with E-state index in [2.05, 4.69) is 5.32 Å². The van der Waals surface area contributed by atoms with Gasteiger partial charge in [-0.3, -0.25) is 4.79 Å². The molecule has 5 heteroatoms. The van der Waals surface area contributed by atoms with Crippen LogP contribution in [0.4, 0.5) is 0 Å². The van der Waals surface area contributed by atoms with Crippen LogP contribution in [-0.2, 0) is 9.59 Å². The lowest BCUT2D eigenvalue weighted by atomic mass is 10.2. The average Bonchev–Trinajstić information content (AvgIpc) is 2.86. The first kappa shape index (κ1) is 11.4. The van der Waals surface area contributed by atoms with E-state index in [4.69, 9.17) is 5.11 Å². The van der Waals surface area contributed by atoms with Gasteiger partial charge in [0.15, 0.2) is 0 Å². The van der Waals surface area contributed by atoms with E-state index in [1.54, 1.807) is 11.8 Å². The molecule has 0 heterocycles. The number of carbonyl (C=O) groups excluding carboxylic acids is 1. The predicted octanol–water partition coefficient (Wildman–Crippen LogP) is 0.863. The van der Waals surface area contributed by atoms with Gasteiger partial charge in [0, 0.05) is 6.42 Å². The van der Waals surface area contributed by atoms with Crippen molar-refractivity contribution in [1.82, 2.24) is 5.32 Å². The quantitative estimate of drug-likeness (QED) is 0.648. The fraction of sp³-hybridized carbons (Fsp3) is 0.778. The number of carboxylic acids is 1. The summed E-state index contributed by atoms with van der Waals surface area (Å²) in [5.41, 5.74) is -0.920. The van der Waals surface area contributed by atoms with Crippen molar-refractivity contribution < 1.29 is 14.7 Å². The SMILES string of the molecule is CSCCCC(=O)NC1(C(=O)O)CC1. The highest BCUT2D eigenvalue weighted by Crippen LogP contribution is 2.35. The number of hydrogen-bond acceptors (Lipinski definition) is 3. The lowest BCUT2D eigenvalue weighted by molar-refractivity contribution is -0.143. The van der Waals surface area contributed by atoms with Crippen LogP contribution in [0.2, 0.25) is 0 Å². The van der Waals surface area contributed by atoms with Gasteiger partial charge in [0.2, 0.25) is 5.91 Å². The second kappa shape index (κ2) is 4.68. The number of carboxylic acid groups (broad SMARTS) is 1. The van der Waals surface area contributed by atoms with Crippen LogP contribution in [0.3, 0.4) is 0 Å². The Morgan fingerprint density at radius 1 is 1.50 bits per heavy atom. The summed E-state index contributed by atoms with van der Waals surface area (Å²) in [7, 11) is 0. The molecule has 1 fully saturated rings. The van der Waals surface area contributed by atoms with Crippen LogP contribution in [0.15, 0.2) is 0 Å². The standard InChI is InChI=1S/C9H15NO3S/c1-14-6-2-3-7(11)10-9(4-5-9)8(12)13/h2-6H2,1H3,(H,10,11)(H,12,13). The molecule has 0 aromatic carbocycles. The van der Waals surface area contributed by atoms with Crippen LogP contribution in [0, 0.1) is 0 Å². The second-order valence-electron chi connectivity index (χ2n) is 3.53. The third-order valence-corrected chi connectivity index (χ3v) is 2.99. The topological polar surface area (TPSA) is 66.4 Å². The van der Waals surface area contributed by atoms with Crippen LogP contribution in [0.5, 0.6) is 0 Å². The Morgan fingerprint density at radius 3 is 2.57 bits per heavy atom. The number of aliphatic carboxylic acids is 1. The highest BCUT2D eigenvalue weighted by Gasteiger charge is 2.51. The van der Waals surface area contributed by atoms with Gasteiger partial charge < -0.3 is 10.4 Å². The Kier molecular flexibility index (Phi) is 3.80. The highest BCUT2D eigenvalue weighted by atomic mass is 32.2. The van der Waals surface area contributed by atoms with E-state index < -0.39 is 11.5 Å². The number of carbonyl (C=O) groups is 2. The Balaban J connectivity index is 2.24. The molecule has 2 N–H and O–H groups in total. The van der Waals surface area contributed by atoms with Crippen molar-refractivity contribution in [3.05, 3.63) is 0 Å². The molecule has 1 rings (SSSR count). The van der Waals surface area contributed by atoms with Crippen LogP contribution < -0.4 is 5.32 Å². The van der Waals surface area contributed by atoms with Crippen LogP contribution in [0.1, 0.15) is 25.7 Å². The summed E-state index contributed by atoms with van der Waals surface area (Å²) in [6.07, 6.45) is 4.35. The molecule has 0 aromatic heterocycles. The van der Waals surface area contributed by atoms with Gasteiger partial charge in [0.05, 0.1) is 0 Å². The minimum Gasteiger partial charge on any atom is -0.480 e. The van der Waals surface area contributed by atoms with Gasteiger partial charge in [0.25, 0.3) is 0 Å². The normalized spacial score (nSPS) is 17.5. The molecule has 80 valence electrons. The summed E-state index contributed by atoms with van der Waals surface area (Å²) >= 11 is 1.69. The third-order valence-electron chi connectivity index (χ3n) is 2.29. The third kappa shape index (κ3) is 2.90. The van der Waals surface area contributed by atoms with E-state index >= 15 is 0 Å². The number of nitrogens with one attached hydrogen (secondary N) is 1. The van der Waals surface area contributed by atoms with Gasteiger partial charge in [-0.1, -0.05) is 0 Å². The van der Waals surface area contributed by atoms with Crippen LogP contribution in [-0.4, -0.2) is 34.5 Å². The van der Waals surface area contributed by atoms with E-state index in [-0.39, 0.29) is 5.91 Å². The molecule has 0 aliphatic heterocycles. The van der Waals surface area contributed by atoms with Crippen LogP contribution >= 0.6 is 11.8 Å². The van der Waals surface area contributed by atoms with E-state index in [9.17, 15) is 9.59 Å². The zero-order valence-electron chi connectivity index (χ0n) is 8.21. The first-order valence-corrected chi connectivity index (χ1v) is 6.03. The van der Waals surface area contributed by atoms with Crippen molar-refractivity contribution in [2.45, 2.75) is 31.2 Å². The van der Waals surface area contributed by atoms with Crippen molar-refractivity contribution in [3.8, 4) is 0 Å². The Bertz CT molecular complexity index is 238. The molecule has 14 heavy (non-hydrogen) atoms. The van der Waals surface area contributed by atoms with E-state index in [0.717, 1.165) is 12.2 Å². The summed E-state index contributed by atoms with van der Waals surface area (Å²) in [5, 5.41) is 11.4. The molecular weight excluding hydrogens is 202 g/mol.